The number of aryl methyl sites for hydroxylation is 1. The zero-order valence-corrected chi connectivity index (χ0v) is 11.9. The predicted molar refractivity (Wildman–Crippen MR) is 79.7 cm³/mol. The normalized spacial score (nSPS) is 10.4. The molecule has 0 spiro atoms. The summed E-state index contributed by atoms with van der Waals surface area (Å²) in [5, 5.41) is 18.0. The van der Waals surface area contributed by atoms with E-state index in [2.05, 4.69) is 0 Å². The van der Waals surface area contributed by atoms with Crippen LogP contribution in [-0.2, 0) is 13.0 Å². The average Bonchev–Trinajstić information content (AvgIpc) is 2.47. The van der Waals surface area contributed by atoms with Gasteiger partial charge in [0, 0.05) is 6.61 Å². The molecule has 0 aromatic heterocycles. The average molecular weight is 286 g/mol. The van der Waals surface area contributed by atoms with Crippen LogP contribution in [0.15, 0.2) is 42.5 Å². The minimum absolute atomic E-state index is 0.0761. The molecule has 0 heterocycles. The molecule has 0 aliphatic heterocycles. The van der Waals surface area contributed by atoms with Crippen molar-refractivity contribution >= 4 is 5.97 Å². The lowest BCUT2D eigenvalue weighted by Crippen LogP contribution is -2.03. The Bertz CT molecular complexity index is 634. The van der Waals surface area contributed by atoms with Crippen molar-refractivity contribution in [1.29, 1.82) is 0 Å². The fourth-order valence-electron chi connectivity index (χ4n) is 2.12. The highest BCUT2D eigenvalue weighted by Gasteiger charge is 2.07. The molecule has 0 saturated heterocycles. The Morgan fingerprint density at radius 3 is 2.57 bits per heavy atom. The summed E-state index contributed by atoms with van der Waals surface area (Å²) in [4.78, 5) is 10.9. The minimum atomic E-state index is -0.932. The molecular formula is C17H18O4. The maximum atomic E-state index is 10.9. The molecule has 2 N–H and O–H groups in total. The van der Waals surface area contributed by atoms with Crippen LogP contribution in [0.4, 0.5) is 0 Å². The molecule has 2 aromatic carbocycles. The van der Waals surface area contributed by atoms with Crippen LogP contribution in [0, 0.1) is 6.92 Å². The lowest BCUT2D eigenvalue weighted by atomic mass is 10.1. The van der Waals surface area contributed by atoms with Gasteiger partial charge < -0.3 is 14.9 Å². The molecule has 0 amide bonds. The number of aliphatic hydroxyl groups excluding tert-OH is 1. The molecule has 0 fully saturated rings. The Labute approximate surface area is 123 Å². The summed E-state index contributed by atoms with van der Waals surface area (Å²) in [6.07, 6.45) is 0.549. The van der Waals surface area contributed by atoms with Gasteiger partial charge in [-0.25, -0.2) is 4.79 Å². The number of hydrogen-bond acceptors (Lipinski definition) is 3. The Morgan fingerprint density at radius 1 is 1.14 bits per heavy atom. The number of rotatable bonds is 6. The second-order valence-corrected chi connectivity index (χ2v) is 4.82. The van der Waals surface area contributed by atoms with Gasteiger partial charge in [0.15, 0.2) is 0 Å². The van der Waals surface area contributed by atoms with Crippen molar-refractivity contribution in [3.8, 4) is 5.75 Å². The van der Waals surface area contributed by atoms with E-state index in [1.165, 1.54) is 0 Å². The lowest BCUT2D eigenvalue weighted by Gasteiger charge is -2.12. The number of para-hydroxylation sites is 1. The lowest BCUT2D eigenvalue weighted by molar-refractivity contribution is 0.0696. The maximum Gasteiger partial charge on any atom is 0.335 e. The number of ether oxygens (including phenoxy) is 1. The third kappa shape index (κ3) is 3.83. The molecule has 2 aromatic rings. The molecule has 0 aliphatic carbocycles. The summed E-state index contributed by atoms with van der Waals surface area (Å²) >= 11 is 0. The van der Waals surface area contributed by atoms with Gasteiger partial charge in [0.2, 0.25) is 0 Å². The van der Waals surface area contributed by atoms with E-state index in [-0.39, 0.29) is 12.2 Å². The number of carboxylic acid groups (broad SMARTS) is 1. The SMILES string of the molecule is Cc1cc(C(=O)O)ccc1COc1ccccc1CCO. The van der Waals surface area contributed by atoms with E-state index in [4.69, 9.17) is 14.9 Å². The molecule has 0 bridgehead atoms. The van der Waals surface area contributed by atoms with E-state index in [0.717, 1.165) is 22.4 Å². The molecule has 0 saturated carbocycles. The van der Waals surface area contributed by atoms with E-state index in [0.29, 0.717) is 13.0 Å². The quantitative estimate of drug-likeness (QED) is 0.857. The first kappa shape index (κ1) is 15.1. The van der Waals surface area contributed by atoms with Crippen molar-refractivity contribution in [3.63, 3.8) is 0 Å². The van der Waals surface area contributed by atoms with Crippen LogP contribution in [0.5, 0.6) is 5.75 Å². The molecule has 4 heteroatoms. The van der Waals surface area contributed by atoms with Crippen LogP contribution in [0.1, 0.15) is 27.0 Å². The van der Waals surface area contributed by atoms with Gasteiger partial charge in [0.25, 0.3) is 0 Å². The number of hydrogen-bond donors (Lipinski definition) is 2. The topological polar surface area (TPSA) is 66.8 Å². The molecule has 0 atom stereocenters. The second kappa shape index (κ2) is 6.90. The maximum absolute atomic E-state index is 10.9. The largest absolute Gasteiger partial charge is 0.489 e. The first-order valence-corrected chi connectivity index (χ1v) is 6.76. The molecule has 0 unspecified atom stereocenters. The van der Waals surface area contributed by atoms with Gasteiger partial charge >= 0.3 is 5.97 Å². The highest BCUT2D eigenvalue weighted by molar-refractivity contribution is 5.87. The minimum Gasteiger partial charge on any atom is -0.489 e. The number of carbonyl (C=O) groups is 1. The summed E-state index contributed by atoms with van der Waals surface area (Å²) in [6, 6.07) is 12.6. The molecule has 21 heavy (non-hydrogen) atoms. The number of carboxylic acids is 1. The van der Waals surface area contributed by atoms with Crippen molar-refractivity contribution in [2.24, 2.45) is 0 Å². The van der Waals surface area contributed by atoms with Gasteiger partial charge in [-0.3, -0.25) is 0 Å². The monoisotopic (exact) mass is 286 g/mol. The summed E-state index contributed by atoms with van der Waals surface area (Å²) in [6.45, 7) is 2.31. The molecule has 110 valence electrons. The third-order valence-electron chi connectivity index (χ3n) is 3.33. The van der Waals surface area contributed by atoms with E-state index >= 15 is 0 Å². The van der Waals surface area contributed by atoms with E-state index < -0.39 is 5.97 Å². The number of benzene rings is 2. The number of aromatic carboxylic acids is 1. The molecule has 4 nitrogen and oxygen atoms in total. The van der Waals surface area contributed by atoms with Gasteiger partial charge in [-0.2, -0.15) is 0 Å². The van der Waals surface area contributed by atoms with Crippen molar-refractivity contribution in [2.75, 3.05) is 6.61 Å². The molecule has 0 radical (unpaired) electrons. The van der Waals surface area contributed by atoms with Gasteiger partial charge in [0.05, 0.1) is 5.56 Å². The van der Waals surface area contributed by atoms with Crippen LogP contribution in [0.2, 0.25) is 0 Å². The predicted octanol–water partition coefficient (Wildman–Crippen LogP) is 2.81. The Morgan fingerprint density at radius 2 is 1.90 bits per heavy atom. The van der Waals surface area contributed by atoms with E-state index in [1.54, 1.807) is 18.2 Å². The second-order valence-electron chi connectivity index (χ2n) is 4.82. The van der Waals surface area contributed by atoms with E-state index in [9.17, 15) is 4.79 Å². The Hall–Kier alpha value is -2.33. The standard InChI is InChI=1S/C17H18O4/c1-12-10-14(17(19)20)6-7-15(12)11-21-16-5-3-2-4-13(16)8-9-18/h2-7,10,18H,8-9,11H2,1H3,(H,19,20). The summed E-state index contributed by atoms with van der Waals surface area (Å²) < 4.78 is 5.80. The third-order valence-corrected chi connectivity index (χ3v) is 3.33. The highest BCUT2D eigenvalue weighted by Crippen LogP contribution is 2.21. The van der Waals surface area contributed by atoms with Gasteiger partial charge in [-0.15, -0.1) is 0 Å². The van der Waals surface area contributed by atoms with Crippen LogP contribution in [0.3, 0.4) is 0 Å². The highest BCUT2D eigenvalue weighted by atomic mass is 16.5. The van der Waals surface area contributed by atoms with Crippen LogP contribution < -0.4 is 4.74 Å². The molecule has 2 rings (SSSR count). The summed E-state index contributed by atoms with van der Waals surface area (Å²) in [7, 11) is 0. The van der Waals surface area contributed by atoms with Crippen molar-refractivity contribution in [3.05, 3.63) is 64.7 Å². The fraction of sp³-hybridized carbons (Fsp3) is 0.235. The number of aliphatic hydroxyl groups is 1. The molecular weight excluding hydrogens is 268 g/mol. The van der Waals surface area contributed by atoms with Gasteiger partial charge in [-0.05, 0) is 48.2 Å². The van der Waals surface area contributed by atoms with Crippen molar-refractivity contribution < 1.29 is 19.7 Å². The van der Waals surface area contributed by atoms with Crippen molar-refractivity contribution in [2.45, 2.75) is 20.0 Å². The fourth-order valence-corrected chi connectivity index (χ4v) is 2.12. The Kier molecular flexibility index (Phi) is 4.95. The van der Waals surface area contributed by atoms with Crippen LogP contribution in [-0.4, -0.2) is 22.8 Å². The van der Waals surface area contributed by atoms with Gasteiger partial charge in [0.1, 0.15) is 12.4 Å². The summed E-state index contributed by atoms with van der Waals surface area (Å²) in [5.41, 5.74) is 3.06. The van der Waals surface area contributed by atoms with Crippen LogP contribution >= 0.6 is 0 Å². The Balaban J connectivity index is 2.11. The zero-order valence-electron chi connectivity index (χ0n) is 11.9. The molecule has 0 aliphatic rings. The van der Waals surface area contributed by atoms with Crippen LogP contribution in [0.25, 0.3) is 0 Å². The first-order chi connectivity index (χ1) is 10.1. The zero-order chi connectivity index (χ0) is 15.2. The summed E-state index contributed by atoms with van der Waals surface area (Å²) in [5.74, 6) is -0.188. The van der Waals surface area contributed by atoms with E-state index in [1.807, 2.05) is 31.2 Å². The van der Waals surface area contributed by atoms with Gasteiger partial charge in [-0.1, -0.05) is 24.3 Å². The van der Waals surface area contributed by atoms with Crippen molar-refractivity contribution in [1.82, 2.24) is 0 Å². The smallest absolute Gasteiger partial charge is 0.335 e. The first-order valence-electron chi connectivity index (χ1n) is 6.76.